The van der Waals surface area contributed by atoms with Crippen LogP contribution in [-0.4, -0.2) is 22.0 Å². The molecule has 0 saturated carbocycles. The molecule has 0 aromatic carbocycles. The van der Waals surface area contributed by atoms with Gasteiger partial charge in [-0.1, -0.05) is 0 Å². The molecule has 1 aromatic rings. The largest absolute Gasteiger partial charge is 0.481 e. The van der Waals surface area contributed by atoms with Gasteiger partial charge >= 0.3 is 5.97 Å². The fraction of sp³-hybridized carbons (Fsp3) is 0.300. The molecule has 1 atom stereocenters. The van der Waals surface area contributed by atoms with Crippen LogP contribution in [0.1, 0.15) is 12.5 Å². The molecule has 1 amide bonds. The minimum absolute atomic E-state index is 0.508. The molecule has 1 rings (SSSR count). The second kappa shape index (κ2) is 4.54. The first-order valence-corrected chi connectivity index (χ1v) is 4.46. The van der Waals surface area contributed by atoms with Gasteiger partial charge in [0.1, 0.15) is 5.92 Å². The summed E-state index contributed by atoms with van der Waals surface area (Å²) >= 11 is 0. The van der Waals surface area contributed by atoms with Gasteiger partial charge in [0.15, 0.2) is 0 Å². The molecule has 0 aliphatic rings. The van der Waals surface area contributed by atoms with Crippen molar-refractivity contribution in [3.63, 3.8) is 0 Å². The molecule has 0 aliphatic heterocycles. The van der Waals surface area contributed by atoms with Gasteiger partial charge in [-0.2, -0.15) is 0 Å². The lowest BCUT2D eigenvalue weighted by molar-refractivity contribution is -0.144. The molecular formula is C10H12N2O3. The molecule has 80 valence electrons. The van der Waals surface area contributed by atoms with Crippen molar-refractivity contribution >= 4 is 17.6 Å². The number of carbonyl (C=O) groups excluding carboxylic acids is 1. The van der Waals surface area contributed by atoms with E-state index in [2.05, 4.69) is 10.3 Å². The van der Waals surface area contributed by atoms with E-state index in [1.54, 1.807) is 12.3 Å². The maximum Gasteiger partial charge on any atom is 0.315 e. The number of carbonyl (C=O) groups is 2. The average Bonchev–Trinajstić information content (AvgIpc) is 2.16. The highest BCUT2D eigenvalue weighted by atomic mass is 16.4. The van der Waals surface area contributed by atoms with Crippen molar-refractivity contribution in [3.8, 4) is 0 Å². The number of anilines is 1. The smallest absolute Gasteiger partial charge is 0.315 e. The van der Waals surface area contributed by atoms with Crippen LogP contribution in [0, 0.1) is 12.8 Å². The lowest BCUT2D eigenvalue weighted by Gasteiger charge is -2.07. The molecule has 0 bridgehead atoms. The first kappa shape index (κ1) is 11.2. The van der Waals surface area contributed by atoms with Crippen LogP contribution in [0.3, 0.4) is 0 Å². The van der Waals surface area contributed by atoms with Crippen LogP contribution >= 0.6 is 0 Å². The Hall–Kier alpha value is -1.91. The van der Waals surface area contributed by atoms with Gasteiger partial charge in [0.2, 0.25) is 5.91 Å². The third kappa shape index (κ3) is 3.05. The number of amides is 1. The van der Waals surface area contributed by atoms with Crippen molar-refractivity contribution in [1.29, 1.82) is 0 Å². The van der Waals surface area contributed by atoms with Gasteiger partial charge in [-0.3, -0.25) is 14.6 Å². The summed E-state index contributed by atoms with van der Waals surface area (Å²) in [7, 11) is 0. The van der Waals surface area contributed by atoms with Crippen LogP contribution < -0.4 is 5.32 Å². The molecule has 0 aliphatic carbocycles. The van der Waals surface area contributed by atoms with Gasteiger partial charge in [0.05, 0.1) is 11.9 Å². The number of nitrogens with zero attached hydrogens (tertiary/aromatic N) is 1. The van der Waals surface area contributed by atoms with Gasteiger partial charge in [-0.25, -0.2) is 0 Å². The van der Waals surface area contributed by atoms with E-state index in [-0.39, 0.29) is 0 Å². The van der Waals surface area contributed by atoms with Crippen LogP contribution in [0.4, 0.5) is 5.69 Å². The van der Waals surface area contributed by atoms with E-state index in [1.807, 2.05) is 6.92 Å². The lowest BCUT2D eigenvalue weighted by Crippen LogP contribution is -2.26. The van der Waals surface area contributed by atoms with E-state index < -0.39 is 17.8 Å². The monoisotopic (exact) mass is 208 g/mol. The molecule has 1 aromatic heterocycles. The van der Waals surface area contributed by atoms with Crippen molar-refractivity contribution in [2.45, 2.75) is 13.8 Å². The van der Waals surface area contributed by atoms with Crippen molar-refractivity contribution in [3.05, 3.63) is 24.0 Å². The number of rotatable bonds is 3. The standard InChI is InChI=1S/C10H12N2O3/c1-6-3-8(5-11-4-6)12-9(13)7(2)10(14)15/h3-5,7H,1-2H3,(H,12,13)(H,14,15). The molecule has 0 spiro atoms. The van der Waals surface area contributed by atoms with Gasteiger partial charge in [-0.05, 0) is 25.5 Å². The molecule has 15 heavy (non-hydrogen) atoms. The third-order valence-corrected chi connectivity index (χ3v) is 1.91. The fourth-order valence-corrected chi connectivity index (χ4v) is 0.986. The summed E-state index contributed by atoms with van der Waals surface area (Å²) < 4.78 is 0. The molecular weight excluding hydrogens is 196 g/mol. The molecule has 2 N–H and O–H groups in total. The lowest BCUT2D eigenvalue weighted by atomic mass is 10.1. The zero-order valence-electron chi connectivity index (χ0n) is 8.52. The Morgan fingerprint density at radius 1 is 1.47 bits per heavy atom. The summed E-state index contributed by atoms with van der Waals surface area (Å²) in [6.07, 6.45) is 3.12. The number of hydrogen-bond acceptors (Lipinski definition) is 3. The fourth-order valence-electron chi connectivity index (χ4n) is 0.986. The van der Waals surface area contributed by atoms with Crippen LogP contribution in [-0.2, 0) is 9.59 Å². The molecule has 5 heteroatoms. The van der Waals surface area contributed by atoms with Crippen molar-refractivity contribution < 1.29 is 14.7 Å². The summed E-state index contributed by atoms with van der Waals surface area (Å²) in [6.45, 7) is 3.17. The van der Waals surface area contributed by atoms with Crippen molar-refractivity contribution in [2.24, 2.45) is 5.92 Å². The number of aromatic nitrogens is 1. The van der Waals surface area contributed by atoms with E-state index in [1.165, 1.54) is 13.1 Å². The Balaban J connectivity index is 2.70. The molecule has 5 nitrogen and oxygen atoms in total. The predicted octanol–water partition coefficient (Wildman–Crippen LogP) is 1.05. The maximum atomic E-state index is 11.3. The first-order valence-electron chi connectivity index (χ1n) is 4.46. The van der Waals surface area contributed by atoms with Crippen molar-refractivity contribution in [1.82, 2.24) is 4.98 Å². The highest BCUT2D eigenvalue weighted by Crippen LogP contribution is 2.09. The Kier molecular flexibility index (Phi) is 3.38. The van der Waals surface area contributed by atoms with Gasteiger partial charge in [0.25, 0.3) is 0 Å². The Labute approximate surface area is 87.1 Å². The number of carboxylic acids is 1. The summed E-state index contributed by atoms with van der Waals surface area (Å²) in [5.41, 5.74) is 1.41. The minimum atomic E-state index is -1.15. The summed E-state index contributed by atoms with van der Waals surface area (Å²) in [4.78, 5) is 25.7. The van der Waals surface area contributed by atoms with Crippen LogP contribution in [0.15, 0.2) is 18.5 Å². The number of aryl methyl sites for hydroxylation is 1. The van der Waals surface area contributed by atoms with E-state index >= 15 is 0 Å². The Morgan fingerprint density at radius 2 is 2.13 bits per heavy atom. The topological polar surface area (TPSA) is 79.3 Å². The molecule has 1 unspecified atom stereocenters. The number of carboxylic acid groups (broad SMARTS) is 1. The number of hydrogen-bond donors (Lipinski definition) is 2. The summed E-state index contributed by atoms with van der Waals surface area (Å²) in [5.74, 6) is -2.76. The number of nitrogens with one attached hydrogen (secondary N) is 1. The minimum Gasteiger partial charge on any atom is -0.481 e. The van der Waals surface area contributed by atoms with E-state index in [0.717, 1.165) is 5.56 Å². The van der Waals surface area contributed by atoms with E-state index in [9.17, 15) is 9.59 Å². The normalized spacial score (nSPS) is 11.9. The average molecular weight is 208 g/mol. The first-order chi connectivity index (χ1) is 7.00. The van der Waals surface area contributed by atoms with E-state index in [4.69, 9.17) is 5.11 Å². The van der Waals surface area contributed by atoms with Crippen LogP contribution in [0.5, 0.6) is 0 Å². The molecule has 0 radical (unpaired) electrons. The summed E-state index contributed by atoms with van der Waals surface area (Å²) in [5, 5.41) is 11.1. The zero-order chi connectivity index (χ0) is 11.4. The highest BCUT2D eigenvalue weighted by molar-refractivity contribution is 6.03. The predicted molar refractivity (Wildman–Crippen MR) is 54.4 cm³/mol. The Bertz CT molecular complexity index is 390. The van der Waals surface area contributed by atoms with Crippen LogP contribution in [0.25, 0.3) is 0 Å². The maximum absolute atomic E-state index is 11.3. The van der Waals surface area contributed by atoms with Gasteiger partial charge in [-0.15, -0.1) is 0 Å². The number of aliphatic carboxylic acids is 1. The van der Waals surface area contributed by atoms with Crippen molar-refractivity contribution in [2.75, 3.05) is 5.32 Å². The second-order valence-electron chi connectivity index (χ2n) is 3.30. The molecule has 0 fully saturated rings. The Morgan fingerprint density at radius 3 is 2.67 bits per heavy atom. The van der Waals surface area contributed by atoms with Gasteiger partial charge in [0, 0.05) is 6.20 Å². The van der Waals surface area contributed by atoms with Crippen LogP contribution in [0.2, 0.25) is 0 Å². The quantitative estimate of drug-likeness (QED) is 0.727. The summed E-state index contributed by atoms with van der Waals surface area (Å²) in [6, 6.07) is 1.72. The molecule has 0 saturated heterocycles. The zero-order valence-corrected chi connectivity index (χ0v) is 8.52. The highest BCUT2D eigenvalue weighted by Gasteiger charge is 2.20. The van der Waals surface area contributed by atoms with E-state index in [0.29, 0.717) is 5.69 Å². The third-order valence-electron chi connectivity index (χ3n) is 1.91. The molecule has 1 heterocycles. The van der Waals surface area contributed by atoms with Gasteiger partial charge < -0.3 is 10.4 Å². The SMILES string of the molecule is Cc1cncc(NC(=O)C(C)C(=O)O)c1. The number of pyridine rings is 1. The second-order valence-corrected chi connectivity index (χ2v) is 3.30.